The van der Waals surface area contributed by atoms with Crippen molar-refractivity contribution < 1.29 is 19.1 Å². The molecule has 2 aliphatic rings. The summed E-state index contributed by atoms with van der Waals surface area (Å²) in [5, 5.41) is 1.46. The maximum absolute atomic E-state index is 11.4. The molecule has 0 unspecified atom stereocenters. The third-order valence-electron chi connectivity index (χ3n) is 5.36. The quantitative estimate of drug-likeness (QED) is 0.507. The van der Waals surface area contributed by atoms with Gasteiger partial charge in [0, 0.05) is 10.0 Å². The second-order valence-corrected chi connectivity index (χ2v) is 8.38. The van der Waals surface area contributed by atoms with Gasteiger partial charge in [-0.3, -0.25) is 9.59 Å². The topological polar surface area (TPSA) is 52.6 Å². The van der Waals surface area contributed by atoms with Gasteiger partial charge in [0.25, 0.3) is 0 Å². The minimum absolute atomic E-state index is 0.0612. The average Bonchev–Trinajstić information content (AvgIpc) is 3.63. The van der Waals surface area contributed by atoms with Gasteiger partial charge in [-0.05, 0) is 73.9 Å². The Kier molecular flexibility index (Phi) is 7.79. The number of halogens is 2. The molecule has 2 aromatic carbocycles. The van der Waals surface area contributed by atoms with Gasteiger partial charge in [-0.1, -0.05) is 47.5 Å². The maximum atomic E-state index is 11.4. The molecule has 2 aliphatic carbocycles. The second-order valence-electron chi connectivity index (χ2n) is 7.50. The predicted octanol–water partition coefficient (Wildman–Crippen LogP) is 6.01. The van der Waals surface area contributed by atoms with Crippen LogP contribution in [0.1, 0.15) is 49.7 Å². The van der Waals surface area contributed by atoms with Crippen molar-refractivity contribution >= 4 is 35.1 Å². The third kappa shape index (κ3) is 5.99. The van der Waals surface area contributed by atoms with Crippen LogP contribution in [-0.4, -0.2) is 25.2 Å². The van der Waals surface area contributed by atoms with Crippen LogP contribution in [0, 0.1) is 11.8 Å². The normalized spacial score (nSPS) is 23.6. The summed E-state index contributed by atoms with van der Waals surface area (Å²) < 4.78 is 9.95. The second kappa shape index (κ2) is 10.3. The van der Waals surface area contributed by atoms with E-state index in [0.717, 1.165) is 22.9 Å². The van der Waals surface area contributed by atoms with E-state index in [1.807, 2.05) is 62.4 Å². The molecule has 2 saturated carbocycles. The van der Waals surface area contributed by atoms with Crippen molar-refractivity contribution in [3.05, 3.63) is 69.7 Å². The molecule has 6 heteroatoms. The van der Waals surface area contributed by atoms with Gasteiger partial charge in [0.2, 0.25) is 0 Å². The van der Waals surface area contributed by atoms with Gasteiger partial charge in [-0.25, -0.2) is 0 Å². The van der Waals surface area contributed by atoms with Crippen LogP contribution in [0.15, 0.2) is 48.5 Å². The molecule has 0 bridgehead atoms. The van der Waals surface area contributed by atoms with Crippen LogP contribution in [0.2, 0.25) is 10.0 Å². The molecule has 0 spiro atoms. The molecular formula is C24H26Cl2O4. The zero-order valence-electron chi connectivity index (χ0n) is 17.1. The first-order chi connectivity index (χ1) is 14.4. The Balaban J connectivity index is 0.000000171. The number of carbonyl (C=O) groups excluding carboxylic acids is 2. The Morgan fingerprint density at radius 1 is 0.733 bits per heavy atom. The van der Waals surface area contributed by atoms with Crippen molar-refractivity contribution in [1.82, 2.24) is 0 Å². The van der Waals surface area contributed by atoms with Gasteiger partial charge < -0.3 is 9.47 Å². The molecule has 0 amide bonds. The summed E-state index contributed by atoms with van der Waals surface area (Å²) in [5.41, 5.74) is 2.36. The third-order valence-corrected chi connectivity index (χ3v) is 5.86. The van der Waals surface area contributed by atoms with Crippen molar-refractivity contribution in [2.24, 2.45) is 11.8 Å². The van der Waals surface area contributed by atoms with E-state index < -0.39 is 0 Å². The van der Waals surface area contributed by atoms with E-state index in [-0.39, 0.29) is 23.8 Å². The zero-order chi connectivity index (χ0) is 21.7. The largest absolute Gasteiger partial charge is 0.466 e. The highest BCUT2D eigenvalue weighted by atomic mass is 35.5. The van der Waals surface area contributed by atoms with Gasteiger partial charge in [-0.15, -0.1) is 0 Å². The summed E-state index contributed by atoms with van der Waals surface area (Å²) in [7, 11) is 0. The highest BCUT2D eigenvalue weighted by molar-refractivity contribution is 6.30. The van der Waals surface area contributed by atoms with E-state index >= 15 is 0 Å². The first-order valence-corrected chi connectivity index (χ1v) is 11.0. The maximum Gasteiger partial charge on any atom is 0.309 e. The Hall–Kier alpha value is -2.04. The standard InChI is InChI=1S/2C12H13ClO2/c2*1-2-15-12(14)11-7-10(11)8-3-5-9(13)6-4-8/h2*3-6,10-11H,2,7H2,1H3/t2*10-,11+/m10/s1. The molecule has 4 nitrogen and oxygen atoms in total. The molecule has 0 aromatic heterocycles. The van der Waals surface area contributed by atoms with E-state index in [9.17, 15) is 9.59 Å². The molecule has 0 N–H and O–H groups in total. The molecule has 4 rings (SSSR count). The van der Waals surface area contributed by atoms with E-state index in [1.165, 1.54) is 11.1 Å². The lowest BCUT2D eigenvalue weighted by atomic mass is 10.1. The lowest BCUT2D eigenvalue weighted by Gasteiger charge is -2.01. The molecule has 0 heterocycles. The summed E-state index contributed by atoms with van der Waals surface area (Å²) in [6.45, 7) is 4.58. The molecule has 4 atom stereocenters. The molecule has 160 valence electrons. The fraction of sp³-hybridized carbons (Fsp3) is 0.417. The Morgan fingerprint density at radius 3 is 1.37 bits per heavy atom. The van der Waals surface area contributed by atoms with Crippen LogP contribution < -0.4 is 0 Å². The number of esters is 2. The number of hydrogen-bond donors (Lipinski definition) is 0. The average molecular weight is 449 g/mol. The van der Waals surface area contributed by atoms with Crippen molar-refractivity contribution in [3.63, 3.8) is 0 Å². The van der Waals surface area contributed by atoms with Gasteiger partial charge in [0.15, 0.2) is 0 Å². The number of ether oxygens (including phenoxy) is 2. The lowest BCUT2D eigenvalue weighted by Crippen LogP contribution is -2.07. The molecule has 0 radical (unpaired) electrons. The first kappa shape index (κ1) is 22.6. The first-order valence-electron chi connectivity index (χ1n) is 10.3. The lowest BCUT2D eigenvalue weighted by molar-refractivity contribution is -0.145. The number of rotatable bonds is 6. The van der Waals surface area contributed by atoms with E-state index in [2.05, 4.69) is 0 Å². The van der Waals surface area contributed by atoms with Crippen LogP contribution in [0.3, 0.4) is 0 Å². The summed E-state index contributed by atoms with van der Waals surface area (Å²) in [4.78, 5) is 22.8. The fourth-order valence-electron chi connectivity index (χ4n) is 3.57. The monoisotopic (exact) mass is 448 g/mol. The van der Waals surface area contributed by atoms with Crippen molar-refractivity contribution in [1.29, 1.82) is 0 Å². The molecule has 0 aliphatic heterocycles. The smallest absolute Gasteiger partial charge is 0.309 e. The summed E-state index contributed by atoms with van der Waals surface area (Å²) >= 11 is 11.6. The molecule has 0 saturated heterocycles. The van der Waals surface area contributed by atoms with Crippen LogP contribution in [-0.2, 0) is 19.1 Å². The van der Waals surface area contributed by atoms with E-state index in [4.69, 9.17) is 32.7 Å². The summed E-state index contributed by atoms with van der Waals surface area (Å²) in [6, 6.07) is 15.3. The van der Waals surface area contributed by atoms with E-state index in [0.29, 0.717) is 25.0 Å². The van der Waals surface area contributed by atoms with Crippen LogP contribution in [0.4, 0.5) is 0 Å². The van der Waals surface area contributed by atoms with Gasteiger partial charge in [0.1, 0.15) is 0 Å². The Morgan fingerprint density at radius 2 is 1.07 bits per heavy atom. The zero-order valence-corrected chi connectivity index (χ0v) is 18.7. The van der Waals surface area contributed by atoms with Crippen LogP contribution in [0.25, 0.3) is 0 Å². The fourth-order valence-corrected chi connectivity index (χ4v) is 3.82. The summed E-state index contributed by atoms with van der Waals surface area (Å²) in [6.07, 6.45) is 1.81. The van der Waals surface area contributed by atoms with Crippen molar-refractivity contribution in [2.45, 2.75) is 38.5 Å². The number of carbonyl (C=O) groups is 2. The van der Waals surface area contributed by atoms with E-state index in [1.54, 1.807) is 0 Å². The Labute approximate surface area is 187 Å². The number of benzene rings is 2. The summed E-state index contributed by atoms with van der Waals surface area (Å²) in [5.74, 6) is 0.648. The van der Waals surface area contributed by atoms with Gasteiger partial charge in [0.05, 0.1) is 25.0 Å². The van der Waals surface area contributed by atoms with Crippen molar-refractivity contribution in [2.75, 3.05) is 13.2 Å². The minimum atomic E-state index is -0.0718. The molecule has 30 heavy (non-hydrogen) atoms. The number of hydrogen-bond acceptors (Lipinski definition) is 4. The highest BCUT2D eigenvalue weighted by Gasteiger charge is 2.45. The van der Waals surface area contributed by atoms with Gasteiger partial charge >= 0.3 is 11.9 Å². The molecule has 2 aromatic rings. The van der Waals surface area contributed by atoms with Crippen LogP contribution in [0.5, 0.6) is 0 Å². The predicted molar refractivity (Wildman–Crippen MR) is 118 cm³/mol. The van der Waals surface area contributed by atoms with Crippen LogP contribution >= 0.6 is 23.2 Å². The SMILES string of the molecule is CCOC(=O)[C@@H]1C[C@H]1c1ccc(Cl)cc1.CCOC(=O)[C@H]1C[C@@H]1c1ccc(Cl)cc1. The van der Waals surface area contributed by atoms with Crippen molar-refractivity contribution in [3.8, 4) is 0 Å². The van der Waals surface area contributed by atoms with Gasteiger partial charge in [-0.2, -0.15) is 0 Å². The molecule has 2 fully saturated rings. The Bertz CT molecular complexity index is 790. The molecular weight excluding hydrogens is 423 g/mol. The minimum Gasteiger partial charge on any atom is -0.466 e. The highest BCUT2D eigenvalue weighted by Crippen LogP contribution is 2.49.